The summed E-state index contributed by atoms with van der Waals surface area (Å²) in [6, 6.07) is 9.01. The molecule has 1 atom stereocenters. The number of carbonyl (C=O) groups excluding carboxylic acids is 2. The van der Waals surface area contributed by atoms with Gasteiger partial charge in [0.15, 0.2) is 0 Å². The zero-order valence-corrected chi connectivity index (χ0v) is 13.3. The van der Waals surface area contributed by atoms with Gasteiger partial charge in [-0.3, -0.25) is 14.5 Å². The lowest BCUT2D eigenvalue weighted by atomic mass is 10.1. The molecule has 2 amide bonds. The van der Waals surface area contributed by atoms with Crippen LogP contribution in [0.5, 0.6) is 0 Å². The molecular weight excluding hydrogens is 306 g/mol. The summed E-state index contributed by atoms with van der Waals surface area (Å²) in [4.78, 5) is 28.7. The molecule has 0 saturated carbocycles. The van der Waals surface area contributed by atoms with Gasteiger partial charge in [-0.15, -0.1) is 0 Å². The Morgan fingerprint density at radius 3 is 2.75 bits per heavy atom. The third kappa shape index (κ3) is 2.67. The van der Waals surface area contributed by atoms with Gasteiger partial charge in [-0.25, -0.2) is 4.68 Å². The summed E-state index contributed by atoms with van der Waals surface area (Å²) in [6.45, 7) is 3.40. The van der Waals surface area contributed by atoms with E-state index in [2.05, 4.69) is 15.3 Å². The number of aromatic nitrogens is 2. The van der Waals surface area contributed by atoms with Crippen molar-refractivity contribution < 1.29 is 9.59 Å². The van der Waals surface area contributed by atoms with Crippen molar-refractivity contribution in [1.29, 1.82) is 0 Å². The molecule has 3 heterocycles. The number of piperazine rings is 2. The van der Waals surface area contributed by atoms with Crippen molar-refractivity contribution in [3.63, 3.8) is 0 Å². The Kier molecular flexibility index (Phi) is 3.78. The van der Waals surface area contributed by atoms with E-state index >= 15 is 0 Å². The van der Waals surface area contributed by atoms with Crippen LogP contribution in [-0.4, -0.2) is 70.2 Å². The van der Waals surface area contributed by atoms with E-state index in [-0.39, 0.29) is 17.9 Å². The standard InChI is InChI=1S/C17H19N5O2/c23-16-15-12-21(11-10-20(15)9-7-18-16)17(24)13-2-4-14(5-3-13)22-8-1-6-19-22/h1-6,8,15H,7,9-12H2,(H,18,23). The third-order valence-electron chi connectivity index (χ3n) is 4.66. The van der Waals surface area contributed by atoms with Crippen LogP contribution in [0, 0.1) is 0 Å². The maximum absolute atomic E-state index is 12.7. The van der Waals surface area contributed by atoms with Gasteiger partial charge in [0.2, 0.25) is 5.91 Å². The molecule has 0 bridgehead atoms. The van der Waals surface area contributed by atoms with Gasteiger partial charge in [0.25, 0.3) is 5.91 Å². The lowest BCUT2D eigenvalue weighted by Crippen LogP contribution is -2.64. The van der Waals surface area contributed by atoms with E-state index in [0.717, 1.165) is 18.8 Å². The number of nitrogens with one attached hydrogen (secondary N) is 1. The molecule has 7 nitrogen and oxygen atoms in total. The minimum atomic E-state index is -0.222. The Bertz CT molecular complexity index is 741. The minimum Gasteiger partial charge on any atom is -0.353 e. The van der Waals surface area contributed by atoms with E-state index in [0.29, 0.717) is 25.2 Å². The van der Waals surface area contributed by atoms with Crippen molar-refractivity contribution >= 4 is 11.8 Å². The van der Waals surface area contributed by atoms with Crippen molar-refractivity contribution in [2.75, 3.05) is 32.7 Å². The highest BCUT2D eigenvalue weighted by Gasteiger charge is 2.36. The molecule has 2 fully saturated rings. The van der Waals surface area contributed by atoms with Gasteiger partial charge in [-0.1, -0.05) is 0 Å². The highest BCUT2D eigenvalue weighted by Crippen LogP contribution is 2.16. The molecular formula is C17H19N5O2. The van der Waals surface area contributed by atoms with Crippen molar-refractivity contribution in [2.24, 2.45) is 0 Å². The summed E-state index contributed by atoms with van der Waals surface area (Å²) in [5.41, 5.74) is 1.55. The Morgan fingerprint density at radius 1 is 1.17 bits per heavy atom. The van der Waals surface area contributed by atoms with E-state index in [1.807, 2.05) is 36.5 Å². The first-order chi connectivity index (χ1) is 11.7. The van der Waals surface area contributed by atoms with Gasteiger partial charge < -0.3 is 10.2 Å². The first kappa shape index (κ1) is 14.9. The van der Waals surface area contributed by atoms with Crippen LogP contribution in [0.2, 0.25) is 0 Å². The van der Waals surface area contributed by atoms with E-state index < -0.39 is 0 Å². The number of nitrogens with zero attached hydrogens (tertiary/aromatic N) is 4. The first-order valence-corrected chi connectivity index (χ1v) is 8.13. The topological polar surface area (TPSA) is 70.5 Å². The van der Waals surface area contributed by atoms with Crippen LogP contribution < -0.4 is 5.32 Å². The van der Waals surface area contributed by atoms with Gasteiger partial charge in [0.05, 0.1) is 5.69 Å². The number of amides is 2. The van der Waals surface area contributed by atoms with Crippen LogP contribution in [0.15, 0.2) is 42.7 Å². The van der Waals surface area contributed by atoms with Crippen molar-refractivity contribution in [3.8, 4) is 5.69 Å². The fraction of sp³-hybridized carbons (Fsp3) is 0.353. The van der Waals surface area contributed by atoms with Crippen molar-refractivity contribution in [3.05, 3.63) is 48.3 Å². The smallest absolute Gasteiger partial charge is 0.253 e. The number of rotatable bonds is 2. The second kappa shape index (κ2) is 6.09. The van der Waals surface area contributed by atoms with E-state index in [4.69, 9.17) is 0 Å². The van der Waals surface area contributed by atoms with Crippen LogP contribution in [-0.2, 0) is 4.79 Å². The molecule has 1 aromatic carbocycles. The summed E-state index contributed by atoms with van der Waals surface area (Å²) in [7, 11) is 0. The monoisotopic (exact) mass is 325 g/mol. The largest absolute Gasteiger partial charge is 0.353 e. The Labute approximate surface area is 139 Å². The van der Waals surface area contributed by atoms with Gasteiger partial charge in [0.1, 0.15) is 6.04 Å². The molecule has 2 aliphatic heterocycles. The summed E-state index contributed by atoms with van der Waals surface area (Å²) in [5, 5.41) is 7.05. The Balaban J connectivity index is 1.48. The van der Waals surface area contributed by atoms with Crippen LogP contribution in [0.1, 0.15) is 10.4 Å². The van der Waals surface area contributed by atoms with Crippen LogP contribution >= 0.6 is 0 Å². The third-order valence-corrected chi connectivity index (χ3v) is 4.66. The molecule has 4 rings (SSSR count). The second-order valence-corrected chi connectivity index (χ2v) is 6.09. The number of benzene rings is 1. The van der Waals surface area contributed by atoms with Crippen LogP contribution in [0.25, 0.3) is 5.69 Å². The zero-order chi connectivity index (χ0) is 16.5. The summed E-state index contributed by atoms with van der Waals surface area (Å²) in [6.07, 6.45) is 3.57. The maximum Gasteiger partial charge on any atom is 0.253 e. The van der Waals surface area contributed by atoms with Crippen molar-refractivity contribution in [1.82, 2.24) is 24.9 Å². The lowest BCUT2D eigenvalue weighted by Gasteiger charge is -2.43. The summed E-state index contributed by atoms with van der Waals surface area (Å²) < 4.78 is 1.75. The molecule has 1 unspecified atom stereocenters. The van der Waals surface area contributed by atoms with Crippen LogP contribution in [0.4, 0.5) is 0 Å². The Hall–Kier alpha value is -2.67. The highest BCUT2D eigenvalue weighted by molar-refractivity contribution is 5.95. The Morgan fingerprint density at radius 2 is 2.00 bits per heavy atom. The highest BCUT2D eigenvalue weighted by atomic mass is 16.2. The fourth-order valence-electron chi connectivity index (χ4n) is 3.32. The predicted octanol–water partition coefficient (Wildman–Crippen LogP) is 0.129. The molecule has 1 aromatic heterocycles. The number of fused-ring (bicyclic) bond motifs is 1. The molecule has 2 aromatic rings. The molecule has 0 spiro atoms. The normalized spacial score (nSPS) is 21.2. The van der Waals surface area contributed by atoms with Gasteiger partial charge in [0, 0.05) is 50.7 Å². The molecule has 0 aliphatic carbocycles. The van der Waals surface area contributed by atoms with E-state index in [1.165, 1.54) is 0 Å². The van der Waals surface area contributed by atoms with E-state index in [9.17, 15) is 9.59 Å². The average molecular weight is 325 g/mol. The number of hydrogen-bond acceptors (Lipinski definition) is 4. The summed E-state index contributed by atoms with van der Waals surface area (Å²) in [5.74, 6) is -0.00665. The predicted molar refractivity (Wildman–Crippen MR) is 87.8 cm³/mol. The summed E-state index contributed by atoms with van der Waals surface area (Å²) >= 11 is 0. The first-order valence-electron chi connectivity index (χ1n) is 8.13. The molecule has 7 heteroatoms. The van der Waals surface area contributed by atoms with Gasteiger partial charge in [-0.05, 0) is 30.3 Å². The number of hydrogen-bond donors (Lipinski definition) is 1. The zero-order valence-electron chi connectivity index (χ0n) is 13.3. The van der Waals surface area contributed by atoms with Gasteiger partial charge >= 0.3 is 0 Å². The molecule has 2 aliphatic rings. The average Bonchev–Trinajstić information content (AvgIpc) is 3.16. The number of carbonyl (C=O) groups is 2. The second-order valence-electron chi connectivity index (χ2n) is 6.09. The van der Waals surface area contributed by atoms with Gasteiger partial charge in [-0.2, -0.15) is 5.10 Å². The quantitative estimate of drug-likeness (QED) is 0.852. The fourth-order valence-corrected chi connectivity index (χ4v) is 3.32. The maximum atomic E-state index is 12.7. The molecule has 24 heavy (non-hydrogen) atoms. The van der Waals surface area contributed by atoms with Crippen LogP contribution in [0.3, 0.4) is 0 Å². The van der Waals surface area contributed by atoms with Crippen molar-refractivity contribution in [2.45, 2.75) is 6.04 Å². The molecule has 124 valence electrons. The molecule has 0 radical (unpaired) electrons. The molecule has 2 saturated heterocycles. The van der Waals surface area contributed by atoms with E-state index in [1.54, 1.807) is 15.8 Å². The minimum absolute atomic E-state index is 0.0211. The lowest BCUT2D eigenvalue weighted by molar-refractivity contribution is -0.131. The molecule has 1 N–H and O–H groups in total. The SMILES string of the molecule is O=C1NCCN2CCN(C(=O)c3ccc(-n4cccn4)cc3)CC12.